The fourth-order valence-corrected chi connectivity index (χ4v) is 6.07. The number of carbonyl (C=O) groups is 6. The summed E-state index contributed by atoms with van der Waals surface area (Å²) in [7, 11) is 0. The van der Waals surface area contributed by atoms with Crippen molar-refractivity contribution in [1.29, 1.82) is 0 Å². The summed E-state index contributed by atoms with van der Waals surface area (Å²) in [6.45, 7) is 2.02. The number of phenolic OH excluding ortho intramolecular Hbond substituents is 1. The first-order chi connectivity index (χ1) is 17.0. The molecule has 0 bridgehead atoms. The summed E-state index contributed by atoms with van der Waals surface area (Å²) in [6.07, 6.45) is -1.11. The van der Waals surface area contributed by atoms with Gasteiger partial charge in [0.2, 0.25) is 5.91 Å². The molecule has 2 fully saturated rings. The van der Waals surface area contributed by atoms with Gasteiger partial charge in [0.25, 0.3) is 0 Å². The Labute approximate surface area is 206 Å². The normalized spacial score (nSPS) is 33.4. The van der Waals surface area contributed by atoms with Crippen molar-refractivity contribution in [3.8, 4) is 5.75 Å². The van der Waals surface area contributed by atoms with Crippen molar-refractivity contribution < 1.29 is 43.7 Å². The van der Waals surface area contributed by atoms with Crippen LogP contribution in [0.15, 0.2) is 18.2 Å². The van der Waals surface area contributed by atoms with Crippen molar-refractivity contribution >= 4 is 35.0 Å². The monoisotopic (exact) mass is 500 g/mol. The maximum absolute atomic E-state index is 13.7. The molecule has 192 valence electrons. The molecule has 11 nitrogen and oxygen atoms in total. The first kappa shape index (κ1) is 25.6. The number of ketones is 4. The van der Waals surface area contributed by atoms with E-state index in [1.165, 1.54) is 12.1 Å². The van der Waals surface area contributed by atoms with Gasteiger partial charge >= 0.3 is 5.97 Å². The van der Waals surface area contributed by atoms with Crippen molar-refractivity contribution in [3.05, 3.63) is 29.3 Å². The lowest BCUT2D eigenvalue weighted by Crippen LogP contribution is -2.73. The van der Waals surface area contributed by atoms with Crippen molar-refractivity contribution in [2.45, 2.75) is 50.2 Å². The molecule has 0 aliphatic heterocycles. The van der Waals surface area contributed by atoms with Gasteiger partial charge in [0.05, 0.1) is 11.5 Å². The van der Waals surface area contributed by atoms with E-state index in [0.29, 0.717) is 24.9 Å². The number of carbonyl (C=O) groups excluding carboxylic acids is 6. The van der Waals surface area contributed by atoms with Crippen LogP contribution in [0.3, 0.4) is 0 Å². The van der Waals surface area contributed by atoms with Crippen LogP contribution in [0.5, 0.6) is 5.75 Å². The highest BCUT2D eigenvalue weighted by Gasteiger charge is 2.71. The summed E-state index contributed by atoms with van der Waals surface area (Å²) in [5, 5.41) is 21.9. The summed E-state index contributed by atoms with van der Waals surface area (Å²) in [6, 6.07) is 4.40. The van der Waals surface area contributed by atoms with Crippen molar-refractivity contribution in [2.75, 3.05) is 6.54 Å². The van der Waals surface area contributed by atoms with Gasteiger partial charge in [0.1, 0.15) is 11.9 Å². The predicted octanol–water partition coefficient (Wildman–Crippen LogP) is -0.461. The maximum Gasteiger partial charge on any atom is 0.306 e. The molecule has 2 saturated carbocycles. The summed E-state index contributed by atoms with van der Waals surface area (Å²) in [4.78, 5) is 77.9. The Balaban J connectivity index is 1.86. The Morgan fingerprint density at radius 2 is 1.83 bits per heavy atom. The van der Waals surface area contributed by atoms with Crippen LogP contribution in [0.2, 0.25) is 0 Å². The zero-order valence-electron chi connectivity index (χ0n) is 19.6. The molecule has 36 heavy (non-hydrogen) atoms. The lowest BCUT2D eigenvalue weighted by atomic mass is 9.50. The fraction of sp³-hybridized carbons (Fsp3) is 0.520. The minimum absolute atomic E-state index is 0.0459. The second kappa shape index (κ2) is 9.21. The number of benzene rings is 1. The Morgan fingerprint density at radius 3 is 2.47 bits per heavy atom. The quantitative estimate of drug-likeness (QED) is 0.225. The third-order valence-corrected chi connectivity index (χ3v) is 7.80. The Morgan fingerprint density at radius 1 is 1.14 bits per heavy atom. The number of amides is 1. The van der Waals surface area contributed by atoms with Gasteiger partial charge in [0.15, 0.2) is 34.7 Å². The van der Waals surface area contributed by atoms with Crippen LogP contribution < -0.4 is 11.5 Å². The zero-order valence-corrected chi connectivity index (χ0v) is 19.6. The number of primary amides is 1. The van der Waals surface area contributed by atoms with Gasteiger partial charge in [-0.15, -0.1) is 0 Å². The molecule has 0 spiro atoms. The van der Waals surface area contributed by atoms with E-state index in [4.69, 9.17) is 16.2 Å². The van der Waals surface area contributed by atoms with Crippen molar-refractivity contribution in [1.82, 2.24) is 0 Å². The number of hydrogen-bond acceptors (Lipinski definition) is 10. The predicted molar refractivity (Wildman–Crippen MR) is 121 cm³/mol. The fourth-order valence-electron chi connectivity index (χ4n) is 6.07. The lowest BCUT2D eigenvalue weighted by molar-refractivity contribution is -0.198. The van der Waals surface area contributed by atoms with E-state index < -0.39 is 82.7 Å². The van der Waals surface area contributed by atoms with Gasteiger partial charge in [0, 0.05) is 24.7 Å². The van der Waals surface area contributed by atoms with Crippen molar-refractivity contribution in [3.63, 3.8) is 0 Å². The number of rotatable bonds is 6. The minimum atomic E-state index is -2.95. The van der Waals surface area contributed by atoms with Gasteiger partial charge in [-0.2, -0.15) is 0 Å². The number of nitrogens with two attached hydrogens (primary N) is 2. The number of esters is 1. The van der Waals surface area contributed by atoms with E-state index in [9.17, 15) is 39.0 Å². The first-order valence-corrected chi connectivity index (χ1v) is 11.8. The molecule has 7 atom stereocenters. The number of unbranched alkanes of at least 4 members (excludes halogenated alkanes) is 1. The Bertz CT molecular complexity index is 1180. The number of hydrogen-bond donors (Lipinski definition) is 4. The molecular formula is C25H28N2O9. The van der Waals surface area contributed by atoms with Crippen LogP contribution in [-0.2, 0) is 28.7 Å². The Hall–Kier alpha value is -3.44. The van der Waals surface area contributed by atoms with E-state index in [0.717, 1.165) is 0 Å². The molecule has 1 amide bonds. The second-order valence-electron chi connectivity index (χ2n) is 9.76. The topological polar surface area (TPSA) is 204 Å². The molecule has 6 N–H and O–H groups in total. The number of Topliss-reactive ketones (excluding diaryl/α,β-unsaturated/α-hetero) is 4. The standard InChI is InChI=1S/C25H28N2O9/c1-10-11-5-4-6-13(28)17(11)20(31)19-16(10)21(36-15(30)7-2-3-8-26)12-9-14(29)18(24(27)34)22(32)25(12,35)23(19)33/h4-6,10,12,16,18-19,21,28,35H,2-3,7-9,26H2,1H3,(H2,27,34)/t10-,12+,16+,18?,19?,21+,25+/m0/s1. The highest BCUT2D eigenvalue weighted by molar-refractivity contribution is 6.31. The average Bonchev–Trinajstić information content (AvgIpc) is 2.81. The van der Waals surface area contributed by atoms with Crippen LogP contribution in [0.25, 0.3) is 0 Å². The summed E-state index contributed by atoms with van der Waals surface area (Å²) in [5.74, 6) is -13.6. The van der Waals surface area contributed by atoms with E-state index in [-0.39, 0.29) is 17.7 Å². The van der Waals surface area contributed by atoms with Gasteiger partial charge in [-0.05, 0) is 36.9 Å². The van der Waals surface area contributed by atoms with Crippen molar-refractivity contribution in [2.24, 2.45) is 35.1 Å². The third-order valence-electron chi connectivity index (χ3n) is 7.80. The molecule has 11 heteroatoms. The van der Waals surface area contributed by atoms with Crippen LogP contribution in [0, 0.1) is 23.7 Å². The van der Waals surface area contributed by atoms with Gasteiger partial charge in [-0.1, -0.05) is 19.1 Å². The van der Waals surface area contributed by atoms with Crippen LogP contribution >= 0.6 is 0 Å². The maximum atomic E-state index is 13.7. The number of ether oxygens (including phenoxy) is 1. The van der Waals surface area contributed by atoms with E-state index in [1.807, 2.05) is 0 Å². The van der Waals surface area contributed by atoms with Gasteiger partial charge in [-0.25, -0.2) is 0 Å². The van der Waals surface area contributed by atoms with Gasteiger partial charge in [-0.3, -0.25) is 28.8 Å². The molecule has 3 aliphatic rings. The summed E-state index contributed by atoms with van der Waals surface area (Å²) < 4.78 is 5.72. The third kappa shape index (κ3) is 3.65. The lowest BCUT2D eigenvalue weighted by Gasteiger charge is -2.53. The van der Waals surface area contributed by atoms with Gasteiger partial charge < -0.3 is 26.4 Å². The molecule has 0 aromatic heterocycles. The molecule has 2 unspecified atom stereocenters. The minimum Gasteiger partial charge on any atom is -0.507 e. The first-order valence-electron chi connectivity index (χ1n) is 11.8. The summed E-state index contributed by atoms with van der Waals surface area (Å²) >= 11 is 0. The van der Waals surface area contributed by atoms with E-state index in [1.54, 1.807) is 13.0 Å². The SMILES string of the molecule is C[C@H]1c2cccc(O)c2C(=O)C2C(=O)[C@]3(O)C(=O)C(C(N)=O)C(=O)C[C@@H]3[C@@H](OC(=O)CCCCN)[C@@H]21. The second-order valence-corrected chi connectivity index (χ2v) is 9.76. The van der Waals surface area contributed by atoms with Crippen LogP contribution in [0.1, 0.15) is 54.4 Å². The summed E-state index contributed by atoms with van der Waals surface area (Å²) in [5.41, 5.74) is 8.03. The molecule has 0 saturated heterocycles. The zero-order chi connectivity index (χ0) is 26.5. The molecule has 4 rings (SSSR count). The molecule has 0 radical (unpaired) electrons. The molecule has 1 aromatic carbocycles. The highest BCUT2D eigenvalue weighted by Crippen LogP contribution is 2.54. The highest BCUT2D eigenvalue weighted by atomic mass is 16.5. The molecule has 3 aliphatic carbocycles. The Kier molecular flexibility index (Phi) is 6.56. The van der Waals surface area contributed by atoms with E-state index in [2.05, 4.69) is 0 Å². The average molecular weight is 501 g/mol. The number of fused-ring (bicyclic) bond motifs is 3. The molecule has 1 aromatic rings. The number of phenols is 1. The number of aromatic hydroxyl groups is 1. The largest absolute Gasteiger partial charge is 0.507 e. The smallest absolute Gasteiger partial charge is 0.306 e. The van der Waals surface area contributed by atoms with Crippen LogP contribution in [0.4, 0.5) is 0 Å². The number of aliphatic hydroxyl groups is 1. The molecular weight excluding hydrogens is 472 g/mol. The van der Waals surface area contributed by atoms with Crippen LogP contribution in [-0.4, -0.2) is 63.5 Å². The molecule has 0 heterocycles. The van der Waals surface area contributed by atoms with E-state index >= 15 is 0 Å².